The van der Waals surface area contributed by atoms with E-state index in [2.05, 4.69) is 5.32 Å². The molecule has 0 saturated heterocycles. The largest absolute Gasteiger partial charge is 0.456 e. The molecule has 1 aromatic rings. The summed E-state index contributed by atoms with van der Waals surface area (Å²) < 4.78 is 5.01. The van der Waals surface area contributed by atoms with Crippen LogP contribution in [0.2, 0.25) is 0 Å². The van der Waals surface area contributed by atoms with Crippen molar-refractivity contribution in [3.8, 4) is 0 Å². The number of Topliss-reactive ketones (excluding diaryl/α,β-unsaturated/α-hetero) is 1. The van der Waals surface area contributed by atoms with Gasteiger partial charge in [0.05, 0.1) is 0 Å². The second-order valence-electron chi connectivity index (χ2n) is 6.97. The van der Waals surface area contributed by atoms with Crippen LogP contribution in [0.3, 0.4) is 0 Å². The molecule has 0 heterocycles. The van der Waals surface area contributed by atoms with Crippen LogP contribution in [-0.2, 0) is 27.2 Å². The second-order valence-corrected chi connectivity index (χ2v) is 6.97. The fourth-order valence-corrected chi connectivity index (χ4v) is 3.69. The fraction of sp³-hybridized carbons (Fsp3) is 0.550. The minimum atomic E-state index is -0.571. The highest BCUT2D eigenvalue weighted by Gasteiger charge is 2.21. The SMILES string of the molecule is O=C(CNC(=O)C1CCCCC1)OCC(=O)c1ccc2c(c1)CCC2. The highest BCUT2D eigenvalue weighted by molar-refractivity contribution is 5.98. The summed E-state index contributed by atoms with van der Waals surface area (Å²) >= 11 is 0. The van der Waals surface area contributed by atoms with E-state index < -0.39 is 5.97 Å². The van der Waals surface area contributed by atoms with Gasteiger partial charge in [0.2, 0.25) is 5.91 Å². The zero-order valence-corrected chi connectivity index (χ0v) is 14.5. The number of carbonyl (C=O) groups excluding carboxylic acids is 3. The van der Waals surface area contributed by atoms with Gasteiger partial charge in [-0.2, -0.15) is 0 Å². The number of ether oxygens (including phenoxy) is 1. The lowest BCUT2D eigenvalue weighted by Crippen LogP contribution is -2.36. The van der Waals surface area contributed by atoms with Crippen molar-refractivity contribution in [1.29, 1.82) is 0 Å². The number of nitrogens with one attached hydrogen (secondary N) is 1. The molecule has 0 unspecified atom stereocenters. The van der Waals surface area contributed by atoms with E-state index in [4.69, 9.17) is 4.74 Å². The summed E-state index contributed by atoms with van der Waals surface area (Å²) in [6, 6.07) is 5.69. The standard InChI is InChI=1S/C20H25NO4/c22-18(17-10-9-14-7-4-8-16(14)11-17)13-25-19(23)12-21-20(24)15-5-2-1-3-6-15/h9-11,15H,1-8,12-13H2,(H,21,24). The summed E-state index contributed by atoms with van der Waals surface area (Å²) in [7, 11) is 0. The molecule has 25 heavy (non-hydrogen) atoms. The van der Waals surface area contributed by atoms with E-state index in [1.807, 2.05) is 12.1 Å². The molecule has 1 saturated carbocycles. The summed E-state index contributed by atoms with van der Waals surface area (Å²) in [5.74, 6) is -0.850. The summed E-state index contributed by atoms with van der Waals surface area (Å²) in [6.07, 6.45) is 8.28. The van der Waals surface area contributed by atoms with Gasteiger partial charge in [-0.1, -0.05) is 31.4 Å². The van der Waals surface area contributed by atoms with E-state index in [-0.39, 0.29) is 30.8 Å². The Kier molecular flexibility index (Phi) is 5.84. The first-order valence-electron chi connectivity index (χ1n) is 9.22. The monoisotopic (exact) mass is 343 g/mol. The molecule has 2 aliphatic carbocycles. The zero-order valence-electron chi connectivity index (χ0n) is 14.5. The summed E-state index contributed by atoms with van der Waals surface area (Å²) in [5, 5.41) is 2.62. The number of fused-ring (bicyclic) bond motifs is 1. The number of esters is 1. The molecule has 2 aliphatic rings. The molecule has 5 heteroatoms. The van der Waals surface area contributed by atoms with Gasteiger partial charge in [-0.15, -0.1) is 0 Å². The maximum atomic E-state index is 12.2. The average molecular weight is 343 g/mol. The van der Waals surface area contributed by atoms with Crippen LogP contribution in [0, 0.1) is 5.92 Å². The van der Waals surface area contributed by atoms with Gasteiger partial charge in [0.25, 0.3) is 0 Å². The van der Waals surface area contributed by atoms with E-state index in [0.29, 0.717) is 5.56 Å². The molecule has 3 rings (SSSR count). The van der Waals surface area contributed by atoms with Gasteiger partial charge in [0.1, 0.15) is 6.54 Å². The Morgan fingerprint density at radius 2 is 1.76 bits per heavy atom. The van der Waals surface area contributed by atoms with Gasteiger partial charge in [0.15, 0.2) is 12.4 Å². The number of rotatable bonds is 6. The van der Waals surface area contributed by atoms with Crippen molar-refractivity contribution in [2.24, 2.45) is 5.92 Å². The first-order valence-corrected chi connectivity index (χ1v) is 9.22. The Morgan fingerprint density at radius 1 is 1.00 bits per heavy atom. The minimum absolute atomic E-state index is 0.00888. The molecule has 134 valence electrons. The van der Waals surface area contributed by atoms with Crippen LogP contribution in [0.15, 0.2) is 18.2 Å². The maximum absolute atomic E-state index is 12.2. The molecule has 0 radical (unpaired) electrons. The molecule has 0 aliphatic heterocycles. The Hall–Kier alpha value is -2.17. The molecule has 0 bridgehead atoms. The molecule has 5 nitrogen and oxygen atoms in total. The quantitative estimate of drug-likeness (QED) is 0.636. The smallest absolute Gasteiger partial charge is 0.325 e. The summed E-state index contributed by atoms with van der Waals surface area (Å²) in [4.78, 5) is 35.9. The maximum Gasteiger partial charge on any atom is 0.325 e. The van der Waals surface area contributed by atoms with Crippen LogP contribution >= 0.6 is 0 Å². The molecule has 1 fully saturated rings. The van der Waals surface area contributed by atoms with Crippen molar-refractivity contribution in [3.63, 3.8) is 0 Å². The molecular formula is C20H25NO4. The van der Waals surface area contributed by atoms with E-state index in [0.717, 1.165) is 44.9 Å². The van der Waals surface area contributed by atoms with Gasteiger partial charge in [0, 0.05) is 11.5 Å². The Morgan fingerprint density at radius 3 is 2.56 bits per heavy atom. The summed E-state index contributed by atoms with van der Waals surface area (Å²) in [6.45, 7) is -0.455. The molecular weight excluding hydrogens is 318 g/mol. The average Bonchev–Trinajstić information content (AvgIpc) is 3.12. The number of amides is 1. The second kappa shape index (κ2) is 8.28. The molecule has 0 aromatic heterocycles. The zero-order chi connectivity index (χ0) is 17.6. The minimum Gasteiger partial charge on any atom is -0.456 e. The molecule has 1 amide bonds. The Labute approximate surface area is 148 Å². The van der Waals surface area contributed by atoms with E-state index >= 15 is 0 Å². The van der Waals surface area contributed by atoms with Gasteiger partial charge >= 0.3 is 5.97 Å². The lowest BCUT2D eigenvalue weighted by atomic mass is 9.89. The van der Waals surface area contributed by atoms with Crippen molar-refractivity contribution < 1.29 is 19.1 Å². The van der Waals surface area contributed by atoms with Crippen LogP contribution in [-0.4, -0.2) is 30.8 Å². The lowest BCUT2D eigenvalue weighted by molar-refractivity contribution is -0.143. The van der Waals surface area contributed by atoms with Crippen LogP contribution in [0.5, 0.6) is 0 Å². The number of ketones is 1. The first-order chi connectivity index (χ1) is 12.1. The molecule has 0 atom stereocenters. The lowest BCUT2D eigenvalue weighted by Gasteiger charge is -2.20. The van der Waals surface area contributed by atoms with Crippen molar-refractivity contribution in [2.45, 2.75) is 51.4 Å². The third kappa shape index (κ3) is 4.68. The molecule has 1 aromatic carbocycles. The molecule has 1 N–H and O–H groups in total. The third-order valence-corrected chi connectivity index (χ3v) is 5.17. The van der Waals surface area contributed by atoms with Crippen LogP contribution in [0.4, 0.5) is 0 Å². The Bertz CT molecular complexity index is 662. The van der Waals surface area contributed by atoms with Crippen molar-refractivity contribution in [1.82, 2.24) is 5.32 Å². The number of carbonyl (C=O) groups is 3. The van der Waals surface area contributed by atoms with Crippen LogP contribution in [0.1, 0.15) is 60.0 Å². The van der Waals surface area contributed by atoms with Gasteiger partial charge in [-0.3, -0.25) is 14.4 Å². The van der Waals surface area contributed by atoms with Crippen molar-refractivity contribution in [3.05, 3.63) is 34.9 Å². The van der Waals surface area contributed by atoms with Crippen molar-refractivity contribution in [2.75, 3.05) is 13.2 Å². The van der Waals surface area contributed by atoms with Gasteiger partial charge in [-0.05, 0) is 49.3 Å². The first kappa shape index (κ1) is 17.6. The van der Waals surface area contributed by atoms with Crippen LogP contribution in [0.25, 0.3) is 0 Å². The number of aryl methyl sites for hydroxylation is 2. The fourth-order valence-electron chi connectivity index (χ4n) is 3.69. The number of hydrogen-bond acceptors (Lipinski definition) is 4. The predicted molar refractivity (Wildman–Crippen MR) is 93.3 cm³/mol. The predicted octanol–water partition coefficient (Wildman–Crippen LogP) is 2.60. The highest BCUT2D eigenvalue weighted by atomic mass is 16.5. The topological polar surface area (TPSA) is 72.5 Å². The van der Waals surface area contributed by atoms with Crippen LogP contribution < -0.4 is 5.32 Å². The van der Waals surface area contributed by atoms with Gasteiger partial charge in [-0.25, -0.2) is 0 Å². The van der Waals surface area contributed by atoms with E-state index in [1.54, 1.807) is 6.07 Å². The molecule has 0 spiro atoms. The normalized spacial score (nSPS) is 17.0. The third-order valence-electron chi connectivity index (χ3n) is 5.17. The number of hydrogen-bond donors (Lipinski definition) is 1. The van der Waals surface area contributed by atoms with E-state index in [1.165, 1.54) is 17.5 Å². The number of benzene rings is 1. The summed E-state index contributed by atoms with van der Waals surface area (Å²) in [5.41, 5.74) is 3.11. The highest BCUT2D eigenvalue weighted by Crippen LogP contribution is 2.24. The Balaban J connectivity index is 1.41. The van der Waals surface area contributed by atoms with E-state index in [9.17, 15) is 14.4 Å². The van der Waals surface area contributed by atoms with Crippen molar-refractivity contribution >= 4 is 17.7 Å². The van der Waals surface area contributed by atoms with Gasteiger partial charge < -0.3 is 10.1 Å².